The van der Waals surface area contributed by atoms with Gasteiger partial charge in [0.05, 0.1) is 18.3 Å². The van der Waals surface area contributed by atoms with Crippen LogP contribution < -0.4 is 0 Å². The van der Waals surface area contributed by atoms with Crippen molar-refractivity contribution >= 4 is 5.97 Å². The van der Waals surface area contributed by atoms with Gasteiger partial charge < -0.3 is 20.4 Å². The summed E-state index contributed by atoms with van der Waals surface area (Å²) >= 11 is 0. The molecule has 4 rings (SSSR count). The van der Waals surface area contributed by atoms with Gasteiger partial charge in [0.2, 0.25) is 0 Å². The molecule has 4 N–H and O–H groups in total. The fraction of sp³-hybridized carbons (Fsp3) is 0.957. The Balaban J connectivity index is 1.64. The van der Waals surface area contributed by atoms with Gasteiger partial charge in [0.1, 0.15) is 0 Å². The zero-order valence-electron chi connectivity index (χ0n) is 17.6. The van der Waals surface area contributed by atoms with E-state index in [4.69, 9.17) is 0 Å². The lowest BCUT2D eigenvalue weighted by Gasteiger charge is -2.63. The normalized spacial score (nSPS) is 54.4. The van der Waals surface area contributed by atoms with Crippen LogP contribution in [0.2, 0.25) is 0 Å². The Morgan fingerprint density at radius 1 is 0.929 bits per heavy atom. The summed E-state index contributed by atoms with van der Waals surface area (Å²) in [5, 5.41) is 41.7. The van der Waals surface area contributed by atoms with Crippen molar-refractivity contribution in [1.29, 1.82) is 0 Å². The topological polar surface area (TPSA) is 98.0 Å². The quantitative estimate of drug-likeness (QED) is 0.590. The molecule has 0 aromatic carbocycles. The van der Waals surface area contributed by atoms with E-state index in [0.29, 0.717) is 24.2 Å². The summed E-state index contributed by atoms with van der Waals surface area (Å²) in [5.74, 6) is 0.585. The van der Waals surface area contributed by atoms with Crippen molar-refractivity contribution in [1.82, 2.24) is 0 Å². The molecule has 0 spiro atoms. The second-order valence-electron chi connectivity index (χ2n) is 11.1. The molecule has 11 atom stereocenters. The van der Waals surface area contributed by atoms with E-state index >= 15 is 0 Å². The highest BCUT2D eigenvalue weighted by atomic mass is 16.4. The third kappa shape index (κ3) is 2.87. The van der Waals surface area contributed by atoms with Crippen LogP contribution in [0, 0.1) is 46.3 Å². The first-order valence-corrected chi connectivity index (χ1v) is 11.4. The highest BCUT2D eigenvalue weighted by molar-refractivity contribution is 5.67. The number of fused-ring (bicyclic) bond motifs is 5. The Bertz CT molecular complexity index is 622. The third-order valence-electron chi connectivity index (χ3n) is 9.98. The minimum atomic E-state index is -0.765. The molecule has 0 unspecified atom stereocenters. The first-order valence-electron chi connectivity index (χ1n) is 11.4. The lowest BCUT2D eigenvalue weighted by atomic mass is 9.43. The summed E-state index contributed by atoms with van der Waals surface area (Å²) in [4.78, 5) is 11.3. The number of aliphatic carboxylic acids is 1. The number of carboxylic acid groups (broad SMARTS) is 1. The molecule has 0 aromatic rings. The van der Waals surface area contributed by atoms with E-state index in [1.54, 1.807) is 0 Å². The Labute approximate surface area is 168 Å². The van der Waals surface area contributed by atoms with E-state index in [1.165, 1.54) is 0 Å². The molecule has 0 bridgehead atoms. The molecule has 4 aliphatic rings. The van der Waals surface area contributed by atoms with Crippen molar-refractivity contribution in [2.75, 3.05) is 0 Å². The van der Waals surface area contributed by atoms with E-state index in [1.807, 2.05) is 0 Å². The molecule has 4 aliphatic carbocycles. The second-order valence-corrected chi connectivity index (χ2v) is 11.1. The Morgan fingerprint density at radius 2 is 1.57 bits per heavy atom. The molecule has 0 aromatic heterocycles. The number of aliphatic hydroxyl groups is 3. The largest absolute Gasteiger partial charge is 0.481 e. The highest BCUT2D eigenvalue weighted by Gasteiger charge is 2.65. The number of carboxylic acids is 1. The summed E-state index contributed by atoms with van der Waals surface area (Å²) in [5.41, 5.74) is 0.0305. The number of carbonyl (C=O) groups is 1. The van der Waals surface area contributed by atoms with Gasteiger partial charge in [-0.3, -0.25) is 4.79 Å². The molecule has 4 fully saturated rings. The van der Waals surface area contributed by atoms with Crippen molar-refractivity contribution < 1.29 is 25.2 Å². The van der Waals surface area contributed by atoms with Gasteiger partial charge in [-0.2, -0.15) is 0 Å². The smallest absolute Gasteiger partial charge is 0.303 e. The second kappa shape index (κ2) is 6.95. The van der Waals surface area contributed by atoms with Crippen LogP contribution in [-0.4, -0.2) is 44.7 Å². The molecular weight excluding hydrogens is 356 g/mol. The Hall–Kier alpha value is -0.650. The van der Waals surface area contributed by atoms with Gasteiger partial charge in [0, 0.05) is 6.42 Å². The Kier molecular flexibility index (Phi) is 5.12. The van der Waals surface area contributed by atoms with Gasteiger partial charge in [-0.05, 0) is 91.3 Å². The fourth-order valence-corrected chi connectivity index (χ4v) is 8.63. The summed E-state index contributed by atoms with van der Waals surface area (Å²) in [7, 11) is 0. The third-order valence-corrected chi connectivity index (χ3v) is 9.98. The molecule has 0 saturated heterocycles. The molecule has 0 heterocycles. The van der Waals surface area contributed by atoms with Gasteiger partial charge in [0.15, 0.2) is 0 Å². The first kappa shape index (κ1) is 20.6. The van der Waals surface area contributed by atoms with Crippen LogP contribution in [0.5, 0.6) is 0 Å². The van der Waals surface area contributed by atoms with Gasteiger partial charge in [-0.25, -0.2) is 0 Å². The maximum Gasteiger partial charge on any atom is 0.303 e. The molecular formula is C23H38O5. The number of rotatable bonds is 3. The maximum atomic E-state index is 11.3. The van der Waals surface area contributed by atoms with E-state index < -0.39 is 18.2 Å². The zero-order valence-corrected chi connectivity index (χ0v) is 17.6. The van der Waals surface area contributed by atoms with Crippen molar-refractivity contribution in [2.24, 2.45) is 46.3 Å². The van der Waals surface area contributed by atoms with Crippen LogP contribution in [0.15, 0.2) is 0 Å². The van der Waals surface area contributed by atoms with Crippen LogP contribution in [0.4, 0.5) is 0 Å². The molecule has 0 aliphatic heterocycles. The van der Waals surface area contributed by atoms with Crippen LogP contribution in [0.1, 0.15) is 72.1 Å². The van der Waals surface area contributed by atoms with Crippen molar-refractivity contribution in [2.45, 2.75) is 90.4 Å². The SMILES string of the molecule is C[C@H](CC(=O)O)[C@H]1CC[C@H]2[C@@H]3[C@@H](O)[C@@H](O)[C@@H]4C[C@H](O)CC[C@]4(C)[C@H]3CC[C@]12C. The van der Waals surface area contributed by atoms with Crippen molar-refractivity contribution in [3.05, 3.63) is 0 Å². The van der Waals surface area contributed by atoms with Gasteiger partial charge in [-0.15, -0.1) is 0 Å². The lowest BCUT2D eigenvalue weighted by Crippen LogP contribution is -2.64. The van der Waals surface area contributed by atoms with Crippen LogP contribution in [0.3, 0.4) is 0 Å². The summed E-state index contributed by atoms with van der Waals surface area (Å²) < 4.78 is 0. The molecule has 4 saturated carbocycles. The first-order chi connectivity index (χ1) is 13.1. The maximum absolute atomic E-state index is 11.3. The predicted molar refractivity (Wildman–Crippen MR) is 105 cm³/mol. The summed E-state index contributed by atoms with van der Waals surface area (Å²) in [6.45, 7) is 6.69. The molecule has 5 heteroatoms. The minimum absolute atomic E-state index is 0.0192. The number of hydrogen-bond donors (Lipinski definition) is 4. The van der Waals surface area contributed by atoms with Crippen molar-refractivity contribution in [3.63, 3.8) is 0 Å². The monoisotopic (exact) mass is 394 g/mol. The fourth-order valence-electron chi connectivity index (χ4n) is 8.63. The highest BCUT2D eigenvalue weighted by Crippen LogP contribution is 2.68. The van der Waals surface area contributed by atoms with E-state index in [0.717, 1.165) is 38.5 Å². The zero-order chi connectivity index (χ0) is 20.4. The average Bonchev–Trinajstić information content (AvgIpc) is 2.97. The summed E-state index contributed by atoms with van der Waals surface area (Å²) in [6, 6.07) is 0. The van der Waals surface area contributed by atoms with Gasteiger partial charge >= 0.3 is 5.97 Å². The molecule has 160 valence electrons. The molecule has 5 nitrogen and oxygen atoms in total. The van der Waals surface area contributed by atoms with Crippen LogP contribution in [0.25, 0.3) is 0 Å². The van der Waals surface area contributed by atoms with Gasteiger partial charge in [-0.1, -0.05) is 20.8 Å². The van der Waals surface area contributed by atoms with Gasteiger partial charge in [0.25, 0.3) is 0 Å². The van der Waals surface area contributed by atoms with Crippen LogP contribution in [-0.2, 0) is 4.79 Å². The molecule has 0 radical (unpaired) electrons. The standard InChI is InChI=1S/C23H38O5/c1-12(10-18(25)26)14-4-5-15-19-16(7-9-22(14,15)2)23(3)8-6-13(24)11-17(23)20(27)21(19)28/h12-17,19-21,24,27-28H,4-11H2,1-3H3,(H,25,26)/t12-,13-,14-,15+,16+,17+,19+,20+,21-,22-,23-/m1/s1. The van der Waals surface area contributed by atoms with E-state index in [-0.39, 0.29) is 41.1 Å². The van der Waals surface area contributed by atoms with E-state index in [2.05, 4.69) is 20.8 Å². The molecule has 0 amide bonds. The average molecular weight is 395 g/mol. The number of aliphatic hydroxyl groups excluding tert-OH is 3. The number of hydrogen-bond acceptors (Lipinski definition) is 4. The van der Waals surface area contributed by atoms with E-state index in [9.17, 15) is 25.2 Å². The molecule has 28 heavy (non-hydrogen) atoms. The summed E-state index contributed by atoms with van der Waals surface area (Å²) in [6.07, 6.45) is 4.85. The Morgan fingerprint density at radius 3 is 2.25 bits per heavy atom. The predicted octanol–water partition coefficient (Wildman–Crippen LogP) is 3.06. The minimum Gasteiger partial charge on any atom is -0.481 e. The van der Waals surface area contributed by atoms with Crippen molar-refractivity contribution in [3.8, 4) is 0 Å². The lowest BCUT2D eigenvalue weighted by molar-refractivity contribution is -0.223. The van der Waals surface area contributed by atoms with Crippen LogP contribution >= 0.6 is 0 Å².